The van der Waals surface area contributed by atoms with E-state index in [1.54, 1.807) is 6.20 Å². The number of rotatable bonds is 4. The van der Waals surface area contributed by atoms with Crippen LogP contribution in [0.5, 0.6) is 0 Å². The lowest BCUT2D eigenvalue weighted by molar-refractivity contribution is -0.123. The lowest BCUT2D eigenvalue weighted by atomic mass is 9.96. The van der Waals surface area contributed by atoms with Gasteiger partial charge in [0.15, 0.2) is 5.65 Å². The molecule has 34 heavy (non-hydrogen) atoms. The molecule has 3 heterocycles. The highest BCUT2D eigenvalue weighted by Crippen LogP contribution is 2.29. The molecule has 178 valence electrons. The van der Waals surface area contributed by atoms with Crippen molar-refractivity contribution in [1.29, 1.82) is 0 Å². The molecule has 3 N–H and O–H groups in total. The molecular weight excluding hydrogens is 498 g/mol. The SMILES string of the molecule is Cc1ccc(NC(=O)C2CNCCN2c2nc(NC(=O)C(C)(C)C)nc3ncc(Br)cc23)cc1. The second kappa shape index (κ2) is 9.63. The lowest BCUT2D eigenvalue weighted by Crippen LogP contribution is -2.57. The Kier molecular flexibility index (Phi) is 6.81. The van der Waals surface area contributed by atoms with Gasteiger partial charge in [-0.2, -0.15) is 9.97 Å². The number of carbonyl (C=O) groups excluding carboxylic acids is 2. The van der Waals surface area contributed by atoms with Gasteiger partial charge in [-0.25, -0.2) is 4.98 Å². The zero-order valence-corrected chi connectivity index (χ0v) is 21.2. The minimum absolute atomic E-state index is 0.147. The number of pyridine rings is 1. The average molecular weight is 526 g/mol. The fraction of sp³-hybridized carbons (Fsp3) is 0.375. The van der Waals surface area contributed by atoms with Crippen molar-refractivity contribution in [2.75, 3.05) is 35.2 Å². The monoisotopic (exact) mass is 525 g/mol. The Hall–Kier alpha value is -3.11. The number of aromatic nitrogens is 3. The number of hydrogen-bond donors (Lipinski definition) is 3. The maximum absolute atomic E-state index is 13.3. The van der Waals surface area contributed by atoms with Crippen LogP contribution in [0.15, 0.2) is 41.0 Å². The van der Waals surface area contributed by atoms with E-state index in [1.807, 2.05) is 62.9 Å². The summed E-state index contributed by atoms with van der Waals surface area (Å²) in [5.41, 5.74) is 1.68. The number of piperazine rings is 1. The van der Waals surface area contributed by atoms with E-state index >= 15 is 0 Å². The van der Waals surface area contributed by atoms with Crippen molar-refractivity contribution in [2.24, 2.45) is 5.41 Å². The molecule has 1 saturated heterocycles. The second-order valence-corrected chi connectivity index (χ2v) is 10.3. The molecular formula is C24H28BrN7O2. The van der Waals surface area contributed by atoms with Gasteiger partial charge >= 0.3 is 0 Å². The molecule has 3 aromatic rings. The highest BCUT2D eigenvalue weighted by Gasteiger charge is 2.32. The summed E-state index contributed by atoms with van der Waals surface area (Å²) in [5.74, 6) is 0.358. The molecule has 0 aliphatic carbocycles. The number of nitrogens with one attached hydrogen (secondary N) is 3. The number of fused-ring (bicyclic) bond motifs is 1. The quantitative estimate of drug-likeness (QED) is 0.477. The molecule has 1 aliphatic heterocycles. The first kappa shape index (κ1) is 24.0. The van der Waals surface area contributed by atoms with Gasteiger partial charge in [-0.1, -0.05) is 38.5 Å². The highest BCUT2D eigenvalue weighted by molar-refractivity contribution is 9.10. The minimum Gasteiger partial charge on any atom is -0.341 e. The number of carbonyl (C=O) groups is 2. The summed E-state index contributed by atoms with van der Waals surface area (Å²) >= 11 is 3.47. The van der Waals surface area contributed by atoms with Crippen LogP contribution < -0.4 is 20.9 Å². The predicted octanol–water partition coefficient (Wildman–Crippen LogP) is 3.50. The van der Waals surface area contributed by atoms with Crippen LogP contribution in [0, 0.1) is 12.3 Å². The predicted molar refractivity (Wildman–Crippen MR) is 137 cm³/mol. The largest absolute Gasteiger partial charge is 0.341 e. The molecule has 0 saturated carbocycles. The Morgan fingerprint density at radius 1 is 1.15 bits per heavy atom. The van der Waals surface area contributed by atoms with Gasteiger partial charge in [0, 0.05) is 41.4 Å². The number of nitrogens with zero attached hydrogens (tertiary/aromatic N) is 4. The van der Waals surface area contributed by atoms with E-state index in [-0.39, 0.29) is 17.8 Å². The van der Waals surface area contributed by atoms with Gasteiger partial charge in [0.05, 0.1) is 5.39 Å². The van der Waals surface area contributed by atoms with Crippen molar-refractivity contribution in [3.05, 3.63) is 46.6 Å². The third-order valence-corrected chi connectivity index (χ3v) is 5.98. The molecule has 0 spiro atoms. The van der Waals surface area contributed by atoms with E-state index in [2.05, 4.69) is 46.8 Å². The molecule has 9 nitrogen and oxygen atoms in total. The minimum atomic E-state index is -0.614. The van der Waals surface area contributed by atoms with Crippen molar-refractivity contribution in [3.8, 4) is 0 Å². The third-order valence-electron chi connectivity index (χ3n) is 5.54. The number of anilines is 3. The normalized spacial score (nSPS) is 16.4. The highest BCUT2D eigenvalue weighted by atomic mass is 79.9. The molecule has 1 atom stereocenters. The summed E-state index contributed by atoms with van der Waals surface area (Å²) in [6.07, 6.45) is 1.65. The lowest BCUT2D eigenvalue weighted by Gasteiger charge is -2.36. The number of halogens is 1. The van der Waals surface area contributed by atoms with Crippen molar-refractivity contribution in [2.45, 2.75) is 33.7 Å². The van der Waals surface area contributed by atoms with E-state index in [0.29, 0.717) is 36.5 Å². The van der Waals surface area contributed by atoms with Crippen LogP contribution in [0.2, 0.25) is 0 Å². The maximum Gasteiger partial charge on any atom is 0.248 e. The Labute approximate surface area is 206 Å². The smallest absolute Gasteiger partial charge is 0.248 e. The summed E-state index contributed by atoms with van der Waals surface area (Å²) in [6.45, 7) is 9.15. The molecule has 1 fully saturated rings. The topological polar surface area (TPSA) is 112 Å². The van der Waals surface area contributed by atoms with Gasteiger partial charge in [0.1, 0.15) is 11.9 Å². The van der Waals surface area contributed by atoms with Gasteiger partial charge in [0.25, 0.3) is 0 Å². The Bertz CT molecular complexity index is 1220. The van der Waals surface area contributed by atoms with Gasteiger partial charge in [-0.3, -0.25) is 14.9 Å². The van der Waals surface area contributed by atoms with E-state index in [1.165, 1.54) is 0 Å². The fourth-order valence-corrected chi connectivity index (χ4v) is 3.92. The average Bonchev–Trinajstić information content (AvgIpc) is 2.79. The summed E-state index contributed by atoms with van der Waals surface area (Å²) in [7, 11) is 0. The summed E-state index contributed by atoms with van der Waals surface area (Å²) < 4.78 is 0.770. The summed E-state index contributed by atoms with van der Waals surface area (Å²) in [6, 6.07) is 9.04. The van der Waals surface area contributed by atoms with Crippen LogP contribution in [0.4, 0.5) is 17.5 Å². The Balaban J connectivity index is 1.72. The Morgan fingerprint density at radius 3 is 2.59 bits per heavy atom. The standard InChI is InChI=1S/C24H28BrN7O2/c1-14-5-7-16(8-6-14)28-21(33)18-13-26-9-10-32(18)20-17-11-15(25)12-27-19(17)29-23(30-20)31-22(34)24(2,3)4/h5-8,11-12,18,26H,9-10,13H2,1-4H3,(H,28,33)(H,27,29,30,31,34). The number of amides is 2. The van der Waals surface area contributed by atoms with Crippen molar-refractivity contribution in [3.63, 3.8) is 0 Å². The molecule has 2 aromatic heterocycles. The number of aryl methyl sites for hydroxylation is 1. The molecule has 1 unspecified atom stereocenters. The van der Waals surface area contributed by atoms with Crippen LogP contribution in [0.3, 0.4) is 0 Å². The fourth-order valence-electron chi connectivity index (χ4n) is 3.59. The zero-order valence-electron chi connectivity index (χ0n) is 19.6. The van der Waals surface area contributed by atoms with Crippen LogP contribution in [0.1, 0.15) is 26.3 Å². The zero-order chi connectivity index (χ0) is 24.5. The van der Waals surface area contributed by atoms with Gasteiger partial charge in [-0.15, -0.1) is 0 Å². The summed E-state index contributed by atoms with van der Waals surface area (Å²) in [5, 5.41) is 9.80. The van der Waals surface area contributed by atoms with Crippen LogP contribution in [0.25, 0.3) is 11.0 Å². The van der Waals surface area contributed by atoms with Crippen molar-refractivity contribution in [1.82, 2.24) is 20.3 Å². The summed E-state index contributed by atoms with van der Waals surface area (Å²) in [4.78, 5) is 41.4. The second-order valence-electron chi connectivity index (χ2n) is 9.37. The van der Waals surface area contributed by atoms with Crippen LogP contribution in [-0.2, 0) is 9.59 Å². The van der Waals surface area contributed by atoms with Crippen molar-refractivity contribution >= 4 is 56.2 Å². The first-order valence-corrected chi connectivity index (χ1v) is 11.9. The first-order valence-electron chi connectivity index (χ1n) is 11.1. The molecule has 1 aliphatic rings. The molecule has 0 radical (unpaired) electrons. The molecule has 10 heteroatoms. The maximum atomic E-state index is 13.3. The van der Waals surface area contributed by atoms with E-state index in [9.17, 15) is 9.59 Å². The van der Waals surface area contributed by atoms with Crippen LogP contribution >= 0.6 is 15.9 Å². The van der Waals surface area contributed by atoms with Crippen LogP contribution in [-0.4, -0.2) is 52.4 Å². The molecule has 4 rings (SSSR count). The number of hydrogen-bond acceptors (Lipinski definition) is 7. The molecule has 2 amide bonds. The first-order chi connectivity index (χ1) is 16.1. The Morgan fingerprint density at radius 2 is 1.88 bits per heavy atom. The number of benzene rings is 1. The third kappa shape index (κ3) is 5.34. The van der Waals surface area contributed by atoms with E-state index in [0.717, 1.165) is 15.7 Å². The van der Waals surface area contributed by atoms with E-state index < -0.39 is 11.5 Å². The van der Waals surface area contributed by atoms with Crippen molar-refractivity contribution < 1.29 is 9.59 Å². The molecule has 0 bridgehead atoms. The van der Waals surface area contributed by atoms with Gasteiger partial charge in [0.2, 0.25) is 17.8 Å². The van der Waals surface area contributed by atoms with Gasteiger partial charge < -0.3 is 15.5 Å². The van der Waals surface area contributed by atoms with E-state index in [4.69, 9.17) is 0 Å². The molecule has 1 aromatic carbocycles. The van der Waals surface area contributed by atoms with Gasteiger partial charge in [-0.05, 0) is 41.1 Å².